The van der Waals surface area contributed by atoms with Crippen LogP contribution in [-0.4, -0.2) is 201 Å². The molecule has 99 heavy (non-hydrogen) atoms. The number of anilines is 10. The first-order valence-corrected chi connectivity index (χ1v) is 34.5. The summed E-state index contributed by atoms with van der Waals surface area (Å²) >= 11 is 0. The van der Waals surface area contributed by atoms with E-state index in [0.29, 0.717) is 30.3 Å². The van der Waals surface area contributed by atoms with Crippen molar-refractivity contribution in [1.29, 1.82) is 0 Å². The van der Waals surface area contributed by atoms with Crippen molar-refractivity contribution in [3.8, 4) is 22.8 Å². The van der Waals surface area contributed by atoms with Gasteiger partial charge in [0.25, 0.3) is 0 Å². The molecule has 1 aliphatic carbocycles. The Labute approximate surface area is 578 Å². The molecule has 1 spiro atoms. The molecule has 3 saturated heterocycles. The number of aryl methyl sites for hydroxylation is 3. The van der Waals surface area contributed by atoms with E-state index in [0.717, 1.165) is 206 Å². The average molecular weight is 1330 g/mol. The van der Waals surface area contributed by atoms with Crippen LogP contribution in [0.15, 0.2) is 132 Å². The third kappa shape index (κ3) is 14.4. The summed E-state index contributed by atoms with van der Waals surface area (Å²) in [6.45, 7) is 25.4. The average Bonchev–Trinajstić information content (AvgIpc) is 1.60. The Morgan fingerprint density at radius 1 is 0.586 bits per heavy atom. The Bertz CT molecular complexity index is 4540. The molecule has 6 aliphatic heterocycles. The number of pyridine rings is 3. The minimum atomic E-state index is 0. The Hall–Kier alpha value is -10.3. The van der Waals surface area contributed by atoms with Gasteiger partial charge in [-0.25, -0.2) is 49.4 Å². The molecule has 7 aliphatic rings. The van der Waals surface area contributed by atoms with Gasteiger partial charge in [-0.1, -0.05) is 53.2 Å². The standard InChI is InChI=1S/C27H32N8.C23H29N9.C22H25N9.CH4/c1-18(2)26-22-15-20(5-7-24(22)31-19(3)16-30-26)23-9-10-28-27(32-23)33-25-8-6-21(17-29-25)35-13-11-34(4)12-14-35;1-30-11-13-31(14-12-30)17-5-6-18(25-15-17)27-22-26-16-32-21(28-22)19-20(29-32)24-10-9-23(19)7-3-2-4-8-23;1-15-14-30-9-10-31-18(21(30)25-15)11-16-12-24-22(27-20(16)31)26-19-4-3-17(13-23-19)29-7-5-28(2)6-8-29;/h5-10,15,17-18,31H,3,11-14,16H2,1-2,4H3,(H,28,29,32,33);5-6,10,15-16H,2-4,7-9,11-14H2,1H3,(H,25,27,28);3-4,11-14H,5-10H2,1-2H3,(H,23,24,26,27);1H4. The van der Waals surface area contributed by atoms with Crippen molar-refractivity contribution in [2.24, 2.45) is 15.9 Å². The highest BCUT2D eigenvalue weighted by Gasteiger charge is 2.41. The van der Waals surface area contributed by atoms with Crippen LogP contribution in [0.25, 0.3) is 39.5 Å². The predicted molar refractivity (Wildman–Crippen MR) is 397 cm³/mol. The number of likely N-dealkylation sites (N-methyl/N-ethyl adjacent to an activating group) is 3. The number of fused-ring (bicyclic) bond motifs is 10. The molecule has 4 fully saturated rings. The lowest BCUT2D eigenvalue weighted by molar-refractivity contribution is 0.304. The van der Waals surface area contributed by atoms with Crippen molar-refractivity contribution in [3.63, 3.8) is 0 Å². The molecule has 1 aromatic carbocycles. The van der Waals surface area contributed by atoms with E-state index in [4.69, 9.17) is 24.9 Å². The van der Waals surface area contributed by atoms with Crippen LogP contribution in [0.1, 0.15) is 76.6 Å². The van der Waals surface area contributed by atoms with Gasteiger partial charge in [-0.3, -0.25) is 4.99 Å². The van der Waals surface area contributed by atoms with Gasteiger partial charge in [0.15, 0.2) is 17.3 Å². The monoisotopic (exact) mass is 1330 g/mol. The third-order valence-electron chi connectivity index (χ3n) is 19.8. The van der Waals surface area contributed by atoms with Crippen molar-refractivity contribution in [2.45, 2.75) is 85.2 Å². The zero-order chi connectivity index (χ0) is 66.9. The van der Waals surface area contributed by atoms with E-state index in [9.17, 15) is 0 Å². The first-order chi connectivity index (χ1) is 47.8. The molecular weight excluding hydrogens is 1240 g/mol. The Kier molecular flexibility index (Phi) is 19.1. The van der Waals surface area contributed by atoms with Gasteiger partial charge in [0.1, 0.15) is 29.4 Å². The van der Waals surface area contributed by atoms with Gasteiger partial charge in [0.2, 0.25) is 17.8 Å². The van der Waals surface area contributed by atoms with E-state index in [1.165, 1.54) is 37.7 Å². The second-order valence-corrected chi connectivity index (χ2v) is 27.1. The van der Waals surface area contributed by atoms with Crippen LogP contribution in [-0.2, 0) is 18.5 Å². The summed E-state index contributed by atoms with van der Waals surface area (Å²) < 4.78 is 6.22. The molecule has 0 atom stereocenters. The molecule has 26 heteroatoms. The number of rotatable bonds is 11. The quantitative estimate of drug-likeness (QED) is 0.0940. The number of benzodiazepines with no additional fused rings is 1. The highest BCUT2D eigenvalue weighted by Crippen LogP contribution is 2.49. The van der Waals surface area contributed by atoms with Crippen LogP contribution in [0.5, 0.6) is 0 Å². The molecule has 4 N–H and O–H groups in total. The maximum atomic E-state index is 4.86. The fourth-order valence-electron chi connectivity index (χ4n) is 14.3. The van der Waals surface area contributed by atoms with Crippen molar-refractivity contribution in [2.75, 3.05) is 142 Å². The molecular formula is C73H90N26. The highest BCUT2D eigenvalue weighted by atomic mass is 15.3. The third-order valence-corrected chi connectivity index (χ3v) is 19.8. The number of nitrogens with zero attached hydrogens (tertiary/aromatic N) is 22. The first kappa shape index (κ1) is 66.0. The van der Waals surface area contributed by atoms with Crippen LogP contribution in [0, 0.1) is 12.8 Å². The van der Waals surface area contributed by atoms with Gasteiger partial charge >= 0.3 is 0 Å². The second-order valence-electron chi connectivity index (χ2n) is 27.1. The molecule has 1 saturated carbocycles. The van der Waals surface area contributed by atoms with E-state index < -0.39 is 0 Å². The maximum Gasteiger partial charge on any atom is 0.231 e. The fourth-order valence-corrected chi connectivity index (χ4v) is 14.3. The van der Waals surface area contributed by atoms with Crippen LogP contribution in [0.4, 0.5) is 63.9 Å². The molecule has 9 aromatic heterocycles. The van der Waals surface area contributed by atoms with Crippen LogP contribution >= 0.6 is 0 Å². The smallest absolute Gasteiger partial charge is 0.231 e. The SMILES string of the molecule is C.C=C1CN=C(C(C)C)c2cc(-c3ccnc(Nc4ccc(N5CCN(C)CC5)cn4)n3)ccc2N1.CN1CCN(c2ccc(Nc3ncn4nc5c(c4n3)C3(CC=N5)CCCCC3)nc2)CC1.Cc1cn2c(n1)-c1cc3cnc(Nc4ccc(N5CCN(C)CC5)cn4)nc3n1CC2. The lowest BCUT2D eigenvalue weighted by Crippen LogP contribution is -2.44. The Morgan fingerprint density at radius 3 is 1.76 bits per heavy atom. The Balaban J connectivity index is 0.000000126. The summed E-state index contributed by atoms with van der Waals surface area (Å²) in [5.41, 5.74) is 14.6. The molecule has 26 nitrogen and oxygen atoms in total. The molecule has 15 heterocycles. The normalized spacial score (nSPS) is 17.6. The minimum absolute atomic E-state index is 0. The van der Waals surface area contributed by atoms with Crippen molar-refractivity contribution in [3.05, 3.63) is 139 Å². The highest BCUT2D eigenvalue weighted by molar-refractivity contribution is 6.08. The fraction of sp³-hybridized carbons (Fsp3) is 0.411. The van der Waals surface area contributed by atoms with E-state index >= 15 is 0 Å². The van der Waals surface area contributed by atoms with E-state index in [2.05, 4.69) is 190 Å². The van der Waals surface area contributed by atoms with Gasteiger partial charge in [-0.2, -0.15) is 9.97 Å². The molecule has 0 unspecified atom stereocenters. The zero-order valence-electron chi connectivity index (χ0n) is 56.9. The summed E-state index contributed by atoms with van der Waals surface area (Å²) in [7, 11) is 6.49. The van der Waals surface area contributed by atoms with Crippen molar-refractivity contribution in [1.82, 2.24) is 83.3 Å². The van der Waals surface area contributed by atoms with E-state index in [1.807, 2.05) is 62.2 Å². The first-order valence-electron chi connectivity index (χ1n) is 34.5. The zero-order valence-corrected chi connectivity index (χ0v) is 56.9. The number of hydrogen-bond acceptors (Lipinski definition) is 23. The van der Waals surface area contributed by atoms with Gasteiger partial charge < -0.3 is 59.8 Å². The summed E-state index contributed by atoms with van der Waals surface area (Å²) in [6.07, 6.45) is 22.4. The predicted octanol–water partition coefficient (Wildman–Crippen LogP) is 10.9. The number of nitrogens with one attached hydrogen (secondary N) is 4. The molecule has 0 radical (unpaired) electrons. The molecule has 0 amide bonds. The molecule has 0 bridgehead atoms. The molecule has 512 valence electrons. The van der Waals surface area contributed by atoms with Crippen LogP contribution in [0.3, 0.4) is 0 Å². The van der Waals surface area contributed by atoms with E-state index in [1.54, 1.807) is 17.0 Å². The van der Waals surface area contributed by atoms with Crippen LogP contribution < -0.4 is 36.0 Å². The number of benzene rings is 1. The summed E-state index contributed by atoms with van der Waals surface area (Å²) in [6, 6.07) is 22.6. The van der Waals surface area contributed by atoms with Gasteiger partial charge in [-0.15, -0.1) is 5.10 Å². The van der Waals surface area contributed by atoms with Crippen molar-refractivity contribution < 1.29 is 0 Å². The van der Waals surface area contributed by atoms with Gasteiger partial charge in [0.05, 0.1) is 64.8 Å². The number of piperazine rings is 3. The number of imidazole rings is 1. The Morgan fingerprint density at radius 2 is 1.17 bits per heavy atom. The minimum Gasteiger partial charge on any atom is -0.368 e. The van der Waals surface area contributed by atoms with Gasteiger partial charge in [0, 0.05) is 155 Å². The number of hydrogen-bond donors (Lipinski definition) is 4. The summed E-state index contributed by atoms with van der Waals surface area (Å²) in [5, 5.41) is 18.9. The lowest BCUT2D eigenvalue weighted by atomic mass is 9.67. The molecule has 17 rings (SSSR count). The topological polar surface area (TPSA) is 248 Å². The number of aromatic nitrogens is 14. The summed E-state index contributed by atoms with van der Waals surface area (Å²) in [4.78, 5) is 69.8. The maximum absolute atomic E-state index is 4.86. The lowest BCUT2D eigenvalue weighted by Gasteiger charge is -2.37. The van der Waals surface area contributed by atoms with E-state index in [-0.39, 0.29) is 12.8 Å². The largest absolute Gasteiger partial charge is 0.368 e. The second kappa shape index (κ2) is 28.6. The summed E-state index contributed by atoms with van der Waals surface area (Å²) in [5.74, 6) is 5.93. The van der Waals surface area contributed by atoms with Crippen molar-refractivity contribution >= 4 is 92.5 Å². The molecule has 10 aromatic rings. The number of aliphatic imine (C=N–C) groups is 2. The van der Waals surface area contributed by atoms with Gasteiger partial charge in [-0.05, 0) is 114 Å². The van der Waals surface area contributed by atoms with Crippen LogP contribution in [0.2, 0.25) is 0 Å².